The molecule has 4 heterocycles. The Balaban J connectivity index is 1.34. The lowest BCUT2D eigenvalue weighted by Gasteiger charge is -2.26. The van der Waals surface area contributed by atoms with Crippen LogP contribution in [0.2, 0.25) is 0 Å². The predicted octanol–water partition coefficient (Wildman–Crippen LogP) is 4.36. The quantitative estimate of drug-likeness (QED) is 0.645. The molecular formula is C23H26N4O2. The van der Waals surface area contributed by atoms with Gasteiger partial charge in [-0.3, -0.25) is 9.88 Å². The van der Waals surface area contributed by atoms with Gasteiger partial charge in [-0.25, -0.2) is 0 Å². The first kappa shape index (κ1) is 18.5. The number of hydrogen-bond acceptors (Lipinski definition) is 6. The molecule has 2 atom stereocenters. The SMILES string of the molecule is c1cc(CN2CCCCC2)cc(-c2noc([C@H]3CCO[C@@H]3c3cccnc3)n2)c1. The number of ether oxygens (including phenoxy) is 1. The maximum Gasteiger partial charge on any atom is 0.233 e. The molecule has 150 valence electrons. The lowest BCUT2D eigenvalue weighted by molar-refractivity contribution is 0.0984. The first-order valence-corrected chi connectivity index (χ1v) is 10.5. The van der Waals surface area contributed by atoms with Gasteiger partial charge in [0, 0.05) is 31.1 Å². The predicted molar refractivity (Wildman–Crippen MR) is 109 cm³/mol. The Hall–Kier alpha value is -2.57. The zero-order chi connectivity index (χ0) is 19.5. The van der Waals surface area contributed by atoms with Gasteiger partial charge in [-0.15, -0.1) is 0 Å². The fraction of sp³-hybridized carbons (Fsp3) is 0.435. The molecule has 0 radical (unpaired) electrons. The van der Waals surface area contributed by atoms with E-state index < -0.39 is 0 Å². The highest BCUT2D eigenvalue weighted by Crippen LogP contribution is 2.41. The van der Waals surface area contributed by atoms with E-state index in [1.807, 2.05) is 18.3 Å². The third-order valence-electron chi connectivity index (χ3n) is 5.90. The molecule has 0 N–H and O–H groups in total. The number of benzene rings is 1. The van der Waals surface area contributed by atoms with Crippen molar-refractivity contribution in [1.29, 1.82) is 0 Å². The highest BCUT2D eigenvalue weighted by atomic mass is 16.5. The summed E-state index contributed by atoms with van der Waals surface area (Å²) >= 11 is 0. The molecule has 2 fully saturated rings. The molecule has 0 aliphatic carbocycles. The van der Waals surface area contributed by atoms with Crippen LogP contribution in [0.4, 0.5) is 0 Å². The van der Waals surface area contributed by atoms with Crippen molar-refractivity contribution in [3.63, 3.8) is 0 Å². The van der Waals surface area contributed by atoms with Crippen molar-refractivity contribution in [2.75, 3.05) is 19.7 Å². The normalized spacial score (nSPS) is 22.8. The van der Waals surface area contributed by atoms with Crippen LogP contribution in [0.1, 0.15) is 54.7 Å². The van der Waals surface area contributed by atoms with E-state index in [1.165, 1.54) is 37.9 Å². The number of piperidine rings is 1. The van der Waals surface area contributed by atoms with Gasteiger partial charge in [0.15, 0.2) is 0 Å². The van der Waals surface area contributed by atoms with Crippen LogP contribution in [0.15, 0.2) is 53.3 Å². The van der Waals surface area contributed by atoms with E-state index in [1.54, 1.807) is 6.20 Å². The number of likely N-dealkylation sites (tertiary alicyclic amines) is 1. The first-order chi connectivity index (χ1) is 14.4. The van der Waals surface area contributed by atoms with E-state index >= 15 is 0 Å². The first-order valence-electron chi connectivity index (χ1n) is 10.5. The molecule has 1 aromatic carbocycles. The number of rotatable bonds is 5. The van der Waals surface area contributed by atoms with Gasteiger partial charge in [0.05, 0.1) is 12.0 Å². The summed E-state index contributed by atoms with van der Waals surface area (Å²) in [5.74, 6) is 1.36. The average molecular weight is 390 g/mol. The highest BCUT2D eigenvalue weighted by Gasteiger charge is 2.35. The van der Waals surface area contributed by atoms with Crippen LogP contribution in [0, 0.1) is 0 Å². The second kappa shape index (κ2) is 8.43. The molecule has 3 aromatic rings. The molecule has 2 aliphatic rings. The number of nitrogens with zero attached hydrogens (tertiary/aromatic N) is 4. The summed E-state index contributed by atoms with van der Waals surface area (Å²) in [6.07, 6.45) is 8.37. The van der Waals surface area contributed by atoms with E-state index in [-0.39, 0.29) is 12.0 Å². The van der Waals surface area contributed by atoms with Crippen LogP contribution in [0.5, 0.6) is 0 Å². The molecule has 0 saturated carbocycles. The minimum Gasteiger partial charge on any atom is -0.373 e. The van der Waals surface area contributed by atoms with Gasteiger partial charge in [-0.2, -0.15) is 4.98 Å². The lowest BCUT2D eigenvalue weighted by atomic mass is 9.96. The van der Waals surface area contributed by atoms with E-state index in [0.717, 1.165) is 24.1 Å². The van der Waals surface area contributed by atoms with Gasteiger partial charge < -0.3 is 9.26 Å². The Labute approximate surface area is 170 Å². The zero-order valence-electron chi connectivity index (χ0n) is 16.5. The third kappa shape index (κ3) is 4.09. The molecule has 29 heavy (non-hydrogen) atoms. The lowest BCUT2D eigenvalue weighted by Crippen LogP contribution is -2.29. The van der Waals surface area contributed by atoms with E-state index in [2.05, 4.69) is 39.3 Å². The van der Waals surface area contributed by atoms with Crippen molar-refractivity contribution in [2.24, 2.45) is 0 Å². The van der Waals surface area contributed by atoms with Crippen molar-refractivity contribution < 1.29 is 9.26 Å². The Morgan fingerprint density at radius 3 is 2.86 bits per heavy atom. The van der Waals surface area contributed by atoms with Crippen molar-refractivity contribution in [2.45, 2.75) is 44.2 Å². The molecule has 0 spiro atoms. The van der Waals surface area contributed by atoms with Crippen molar-refractivity contribution >= 4 is 0 Å². The molecule has 2 aromatic heterocycles. The summed E-state index contributed by atoms with van der Waals surface area (Å²) in [6.45, 7) is 4.05. The largest absolute Gasteiger partial charge is 0.373 e. The Kier molecular flexibility index (Phi) is 5.37. The second-order valence-electron chi connectivity index (χ2n) is 7.97. The van der Waals surface area contributed by atoms with Gasteiger partial charge in [0.1, 0.15) is 0 Å². The molecule has 6 heteroatoms. The van der Waals surface area contributed by atoms with Gasteiger partial charge in [-0.05, 0) is 55.6 Å². The average Bonchev–Trinajstić information content (AvgIpc) is 3.45. The monoisotopic (exact) mass is 390 g/mol. The van der Waals surface area contributed by atoms with Gasteiger partial charge in [0.2, 0.25) is 11.7 Å². The van der Waals surface area contributed by atoms with Gasteiger partial charge in [0.25, 0.3) is 0 Å². The summed E-state index contributed by atoms with van der Waals surface area (Å²) in [5.41, 5.74) is 3.36. The van der Waals surface area contributed by atoms with Crippen LogP contribution < -0.4 is 0 Å². The summed E-state index contributed by atoms with van der Waals surface area (Å²) in [7, 11) is 0. The Morgan fingerprint density at radius 2 is 2.00 bits per heavy atom. The Morgan fingerprint density at radius 1 is 1.07 bits per heavy atom. The zero-order valence-corrected chi connectivity index (χ0v) is 16.5. The van der Waals surface area contributed by atoms with E-state index in [9.17, 15) is 0 Å². The summed E-state index contributed by atoms with van der Waals surface area (Å²) < 4.78 is 11.6. The number of aromatic nitrogens is 3. The molecule has 0 amide bonds. The van der Waals surface area contributed by atoms with Crippen LogP contribution in [-0.2, 0) is 11.3 Å². The van der Waals surface area contributed by atoms with Crippen LogP contribution in [0.3, 0.4) is 0 Å². The Bertz CT molecular complexity index is 937. The maximum atomic E-state index is 5.95. The summed E-state index contributed by atoms with van der Waals surface area (Å²) in [5, 5.41) is 4.28. The summed E-state index contributed by atoms with van der Waals surface area (Å²) in [6, 6.07) is 12.5. The fourth-order valence-electron chi connectivity index (χ4n) is 4.40. The minimum absolute atomic E-state index is 0.0667. The molecule has 2 aliphatic heterocycles. The van der Waals surface area contributed by atoms with Crippen LogP contribution >= 0.6 is 0 Å². The minimum atomic E-state index is -0.0811. The fourth-order valence-corrected chi connectivity index (χ4v) is 4.40. The summed E-state index contributed by atoms with van der Waals surface area (Å²) in [4.78, 5) is 11.5. The van der Waals surface area contributed by atoms with Crippen molar-refractivity contribution in [3.8, 4) is 11.4 Å². The molecule has 2 saturated heterocycles. The van der Waals surface area contributed by atoms with Crippen LogP contribution in [0.25, 0.3) is 11.4 Å². The molecule has 6 nitrogen and oxygen atoms in total. The topological polar surface area (TPSA) is 64.3 Å². The third-order valence-corrected chi connectivity index (χ3v) is 5.90. The number of hydrogen-bond donors (Lipinski definition) is 0. The smallest absolute Gasteiger partial charge is 0.233 e. The van der Waals surface area contributed by atoms with E-state index in [4.69, 9.17) is 14.2 Å². The van der Waals surface area contributed by atoms with E-state index in [0.29, 0.717) is 18.3 Å². The molecule has 0 unspecified atom stereocenters. The van der Waals surface area contributed by atoms with Crippen molar-refractivity contribution in [3.05, 3.63) is 65.8 Å². The van der Waals surface area contributed by atoms with Crippen molar-refractivity contribution in [1.82, 2.24) is 20.0 Å². The number of pyridine rings is 1. The molecular weight excluding hydrogens is 364 g/mol. The molecule has 5 rings (SSSR count). The van der Waals surface area contributed by atoms with Gasteiger partial charge >= 0.3 is 0 Å². The maximum absolute atomic E-state index is 5.95. The highest BCUT2D eigenvalue weighted by molar-refractivity contribution is 5.55. The molecule has 0 bridgehead atoms. The van der Waals surface area contributed by atoms with Gasteiger partial charge in [-0.1, -0.05) is 35.8 Å². The second-order valence-corrected chi connectivity index (χ2v) is 7.97. The van der Waals surface area contributed by atoms with Crippen LogP contribution in [-0.4, -0.2) is 39.7 Å². The standard InChI is InChI=1S/C23H26N4O2/c1-2-11-27(12-3-1)16-17-6-4-7-18(14-17)22-25-23(29-26-22)20-9-13-28-21(20)19-8-5-10-24-15-19/h4-8,10,14-15,20-21H,1-3,9,11-13,16H2/t20-,21+/m0/s1.